The van der Waals surface area contributed by atoms with E-state index in [1.165, 1.54) is 12.5 Å². The monoisotopic (exact) mass is 282 g/mol. The minimum absolute atomic E-state index is 0.0564. The van der Waals surface area contributed by atoms with E-state index >= 15 is 0 Å². The maximum atomic E-state index is 12.1. The van der Waals surface area contributed by atoms with Crippen molar-refractivity contribution in [3.8, 4) is 0 Å². The van der Waals surface area contributed by atoms with E-state index in [4.69, 9.17) is 0 Å². The molecule has 1 atom stereocenters. The molecule has 0 aromatic carbocycles. The van der Waals surface area contributed by atoms with Crippen LogP contribution >= 0.6 is 0 Å². The molecule has 2 aromatic heterocycles. The van der Waals surface area contributed by atoms with Gasteiger partial charge in [0.15, 0.2) is 5.03 Å². The van der Waals surface area contributed by atoms with Crippen molar-refractivity contribution in [2.24, 2.45) is 0 Å². The second-order valence-electron chi connectivity index (χ2n) is 4.47. The van der Waals surface area contributed by atoms with Gasteiger partial charge in [0.1, 0.15) is 11.6 Å². The molecule has 2 aromatic rings. The van der Waals surface area contributed by atoms with Crippen LogP contribution < -0.4 is 4.72 Å². The Morgan fingerprint density at radius 1 is 1.53 bits per heavy atom. The summed E-state index contributed by atoms with van der Waals surface area (Å²) in [5.41, 5.74) is 0. The Bertz CT molecular complexity index is 675. The number of rotatable bonds is 3. The molecule has 0 unspecified atom stereocenters. The Balaban J connectivity index is 1.89. The average Bonchev–Trinajstić information content (AvgIpc) is 2.96. The number of H-pyrrole nitrogens is 1. The van der Waals surface area contributed by atoms with Gasteiger partial charge in [-0.1, -0.05) is 0 Å². The highest BCUT2D eigenvalue weighted by atomic mass is 32.2. The maximum Gasteiger partial charge on any atom is 0.258 e. The third-order valence-electron chi connectivity index (χ3n) is 3.04. The van der Waals surface area contributed by atoms with E-state index in [1.807, 2.05) is 0 Å². The highest BCUT2D eigenvalue weighted by molar-refractivity contribution is 7.89. The van der Waals surface area contributed by atoms with Crippen LogP contribution in [0.2, 0.25) is 0 Å². The Hall–Kier alpha value is -1.74. The van der Waals surface area contributed by atoms with Crippen molar-refractivity contribution >= 4 is 10.0 Å². The molecule has 0 saturated heterocycles. The van der Waals surface area contributed by atoms with Crippen molar-refractivity contribution in [1.29, 1.82) is 0 Å². The maximum absolute atomic E-state index is 12.1. The van der Waals surface area contributed by atoms with Gasteiger partial charge in [-0.15, -0.1) is 0 Å². The summed E-state index contributed by atoms with van der Waals surface area (Å²) in [6.07, 6.45) is 4.20. The number of aromatic nitrogens is 5. The lowest BCUT2D eigenvalue weighted by Crippen LogP contribution is -2.33. The van der Waals surface area contributed by atoms with E-state index < -0.39 is 10.0 Å². The molecule has 19 heavy (non-hydrogen) atoms. The first-order chi connectivity index (χ1) is 9.06. The normalized spacial score (nSPS) is 19.3. The van der Waals surface area contributed by atoms with Crippen LogP contribution in [0.15, 0.2) is 17.6 Å². The van der Waals surface area contributed by atoms with E-state index in [2.05, 4.69) is 24.8 Å². The van der Waals surface area contributed by atoms with Crippen LogP contribution in [-0.4, -0.2) is 33.2 Å². The zero-order valence-corrected chi connectivity index (χ0v) is 11.2. The van der Waals surface area contributed by atoms with Crippen molar-refractivity contribution in [1.82, 2.24) is 29.5 Å². The molecule has 0 radical (unpaired) electrons. The van der Waals surface area contributed by atoms with Gasteiger partial charge in [0.25, 0.3) is 10.0 Å². The molecule has 8 nitrogen and oxygen atoms in total. The Morgan fingerprint density at radius 2 is 2.37 bits per heavy atom. The van der Waals surface area contributed by atoms with Crippen LogP contribution in [0, 0.1) is 6.92 Å². The van der Waals surface area contributed by atoms with Gasteiger partial charge >= 0.3 is 0 Å². The summed E-state index contributed by atoms with van der Waals surface area (Å²) < 4.78 is 28.7. The molecule has 0 saturated carbocycles. The van der Waals surface area contributed by atoms with Gasteiger partial charge in [-0.25, -0.2) is 23.1 Å². The number of hydrogen-bond acceptors (Lipinski definition) is 5. The predicted octanol–water partition coefficient (Wildman–Crippen LogP) is 0.123. The number of fused-ring (bicyclic) bond motifs is 1. The molecule has 102 valence electrons. The number of sulfonamides is 1. The zero-order chi connectivity index (χ0) is 13.5. The SMILES string of the molecule is Cc1nc2n(n1)CCC[C@H]2NS(=O)(=O)c1cnc[nH]1. The number of hydrogen-bond donors (Lipinski definition) is 2. The van der Waals surface area contributed by atoms with Gasteiger partial charge in [0.05, 0.1) is 18.6 Å². The fourth-order valence-corrected chi connectivity index (χ4v) is 3.35. The van der Waals surface area contributed by atoms with Gasteiger partial charge < -0.3 is 4.98 Å². The molecular weight excluding hydrogens is 268 g/mol. The van der Waals surface area contributed by atoms with Crippen molar-refractivity contribution in [2.75, 3.05) is 0 Å². The van der Waals surface area contributed by atoms with Gasteiger partial charge in [0, 0.05) is 6.54 Å². The van der Waals surface area contributed by atoms with E-state index in [1.54, 1.807) is 11.6 Å². The van der Waals surface area contributed by atoms with Gasteiger partial charge in [-0.3, -0.25) is 0 Å². The fraction of sp³-hybridized carbons (Fsp3) is 0.500. The highest BCUT2D eigenvalue weighted by Crippen LogP contribution is 2.24. The summed E-state index contributed by atoms with van der Waals surface area (Å²) >= 11 is 0. The van der Waals surface area contributed by atoms with Crippen molar-refractivity contribution in [3.63, 3.8) is 0 Å². The minimum atomic E-state index is -3.60. The first-order valence-electron chi connectivity index (χ1n) is 5.98. The van der Waals surface area contributed by atoms with E-state index in [-0.39, 0.29) is 11.1 Å². The lowest BCUT2D eigenvalue weighted by molar-refractivity contribution is 0.399. The number of nitrogens with one attached hydrogen (secondary N) is 2. The van der Waals surface area contributed by atoms with Crippen LogP contribution in [0.5, 0.6) is 0 Å². The van der Waals surface area contributed by atoms with Crippen LogP contribution in [0.3, 0.4) is 0 Å². The minimum Gasteiger partial charge on any atom is -0.335 e. The Morgan fingerprint density at radius 3 is 3.11 bits per heavy atom. The topological polar surface area (TPSA) is 106 Å². The summed E-state index contributed by atoms with van der Waals surface area (Å²) in [5.74, 6) is 1.33. The number of aromatic amines is 1. The Kier molecular flexibility index (Phi) is 2.86. The molecule has 3 heterocycles. The first-order valence-corrected chi connectivity index (χ1v) is 7.46. The molecule has 2 N–H and O–H groups in total. The second-order valence-corrected chi connectivity index (χ2v) is 6.15. The number of nitrogens with zero attached hydrogens (tertiary/aromatic N) is 4. The third-order valence-corrected chi connectivity index (χ3v) is 4.44. The quantitative estimate of drug-likeness (QED) is 0.832. The predicted molar refractivity (Wildman–Crippen MR) is 65.6 cm³/mol. The molecule has 0 amide bonds. The lowest BCUT2D eigenvalue weighted by atomic mass is 10.1. The van der Waals surface area contributed by atoms with Gasteiger partial charge in [-0.2, -0.15) is 9.82 Å². The van der Waals surface area contributed by atoms with Crippen molar-refractivity contribution in [3.05, 3.63) is 24.2 Å². The van der Waals surface area contributed by atoms with Crippen LogP contribution in [0.1, 0.15) is 30.5 Å². The van der Waals surface area contributed by atoms with E-state index in [9.17, 15) is 8.42 Å². The van der Waals surface area contributed by atoms with Gasteiger partial charge in [0.2, 0.25) is 0 Å². The molecule has 0 fully saturated rings. The van der Waals surface area contributed by atoms with Crippen LogP contribution in [0.25, 0.3) is 0 Å². The first kappa shape index (κ1) is 12.3. The summed E-state index contributed by atoms with van der Waals surface area (Å²) in [4.78, 5) is 10.6. The van der Waals surface area contributed by atoms with Crippen molar-refractivity contribution in [2.45, 2.75) is 37.4 Å². The van der Waals surface area contributed by atoms with Crippen LogP contribution in [0.4, 0.5) is 0 Å². The standard InChI is InChI=1S/C10H14N6O2S/c1-7-13-10-8(3-2-4-16(10)14-7)15-19(17,18)9-5-11-6-12-9/h5-6,8,15H,2-4H2,1H3,(H,11,12)/t8-/m1/s1. The molecule has 0 bridgehead atoms. The summed E-state index contributed by atoms with van der Waals surface area (Å²) in [5, 5.41) is 4.30. The molecule has 0 aliphatic carbocycles. The van der Waals surface area contributed by atoms with Crippen LogP contribution in [-0.2, 0) is 16.6 Å². The summed E-state index contributed by atoms with van der Waals surface area (Å²) in [6.45, 7) is 2.57. The second kappa shape index (κ2) is 4.42. The molecule has 0 spiro atoms. The average molecular weight is 282 g/mol. The van der Waals surface area contributed by atoms with Crippen molar-refractivity contribution < 1.29 is 8.42 Å². The Labute approximate surface area is 110 Å². The fourth-order valence-electron chi connectivity index (χ4n) is 2.22. The van der Waals surface area contributed by atoms with E-state index in [0.717, 1.165) is 13.0 Å². The van der Waals surface area contributed by atoms with Gasteiger partial charge in [-0.05, 0) is 19.8 Å². The molecular formula is C10H14N6O2S. The largest absolute Gasteiger partial charge is 0.335 e. The molecule has 9 heteroatoms. The summed E-state index contributed by atoms with van der Waals surface area (Å²) in [6, 6.07) is -0.344. The molecule has 1 aliphatic heterocycles. The number of imidazole rings is 1. The molecule has 3 rings (SSSR count). The number of aryl methyl sites for hydroxylation is 2. The molecule has 1 aliphatic rings. The smallest absolute Gasteiger partial charge is 0.258 e. The highest BCUT2D eigenvalue weighted by Gasteiger charge is 2.28. The lowest BCUT2D eigenvalue weighted by Gasteiger charge is -2.22. The van der Waals surface area contributed by atoms with E-state index in [0.29, 0.717) is 18.1 Å². The summed E-state index contributed by atoms with van der Waals surface area (Å²) in [7, 11) is -3.60. The third kappa shape index (κ3) is 2.26. The zero-order valence-electron chi connectivity index (χ0n) is 10.4.